The Bertz CT molecular complexity index is 671. The Labute approximate surface area is 143 Å². The highest BCUT2D eigenvalue weighted by Gasteiger charge is 2.21. The van der Waals surface area contributed by atoms with Crippen LogP contribution in [0.4, 0.5) is 0 Å². The third-order valence-corrected chi connectivity index (χ3v) is 4.33. The van der Waals surface area contributed by atoms with Crippen LogP contribution in [0.25, 0.3) is 0 Å². The van der Waals surface area contributed by atoms with Crippen molar-refractivity contribution in [2.24, 2.45) is 0 Å². The molecule has 0 spiro atoms. The van der Waals surface area contributed by atoms with Gasteiger partial charge in [0.05, 0.1) is 4.88 Å². The molecule has 1 aliphatic rings. The molecule has 0 saturated heterocycles. The monoisotopic (exact) mass is 355 g/mol. The Balaban J connectivity index is 0.00000192. The van der Waals surface area contributed by atoms with Crippen molar-refractivity contribution >= 4 is 35.6 Å². The van der Waals surface area contributed by atoms with Crippen LogP contribution in [0.3, 0.4) is 0 Å². The van der Waals surface area contributed by atoms with E-state index in [0.29, 0.717) is 30.2 Å². The van der Waals surface area contributed by atoms with Crippen molar-refractivity contribution in [2.75, 3.05) is 19.6 Å². The number of halogens is 1. The van der Waals surface area contributed by atoms with Crippen molar-refractivity contribution in [3.8, 4) is 0 Å². The van der Waals surface area contributed by atoms with Gasteiger partial charge in [-0.3, -0.25) is 14.7 Å². The van der Waals surface area contributed by atoms with E-state index in [2.05, 4.69) is 26.1 Å². The highest BCUT2D eigenvalue weighted by molar-refractivity contribution is 7.12. The van der Waals surface area contributed by atoms with Crippen molar-refractivity contribution in [1.29, 1.82) is 0 Å². The van der Waals surface area contributed by atoms with Gasteiger partial charge >= 0.3 is 0 Å². The highest BCUT2D eigenvalue weighted by atomic mass is 35.5. The molecular weight excluding hydrogens is 338 g/mol. The standard InChI is InChI=1S/C14H17N5O2S.ClH/c20-13(11-2-1-7-22-11)16-5-6-17-14(21)12-9-8-15-4-3-10(9)18-19-12;/h1-2,7,15H,3-6,8H2,(H,16,20)(H,17,21)(H,18,19);1H. The first-order valence-electron chi connectivity index (χ1n) is 7.12. The Hall–Kier alpha value is -1.90. The van der Waals surface area contributed by atoms with Gasteiger partial charge in [-0.25, -0.2) is 0 Å². The average molecular weight is 356 g/mol. The molecule has 4 N–H and O–H groups in total. The number of rotatable bonds is 5. The van der Waals surface area contributed by atoms with E-state index in [4.69, 9.17) is 0 Å². The maximum Gasteiger partial charge on any atom is 0.272 e. The number of carbonyl (C=O) groups excluding carboxylic acids is 2. The van der Waals surface area contributed by atoms with E-state index in [9.17, 15) is 9.59 Å². The number of aromatic amines is 1. The molecule has 3 rings (SSSR count). The third kappa shape index (κ3) is 4.10. The minimum Gasteiger partial charge on any atom is -0.350 e. The van der Waals surface area contributed by atoms with Gasteiger partial charge < -0.3 is 16.0 Å². The van der Waals surface area contributed by atoms with Crippen molar-refractivity contribution in [2.45, 2.75) is 13.0 Å². The maximum absolute atomic E-state index is 12.1. The lowest BCUT2D eigenvalue weighted by Crippen LogP contribution is -2.35. The Morgan fingerprint density at radius 3 is 2.78 bits per heavy atom. The van der Waals surface area contributed by atoms with Gasteiger partial charge in [0.15, 0.2) is 5.69 Å². The van der Waals surface area contributed by atoms with Crippen LogP contribution >= 0.6 is 23.7 Å². The number of nitrogens with one attached hydrogen (secondary N) is 4. The van der Waals surface area contributed by atoms with Crippen LogP contribution in [0.2, 0.25) is 0 Å². The number of thiophene rings is 1. The molecule has 2 aromatic rings. The predicted molar refractivity (Wildman–Crippen MR) is 90.2 cm³/mol. The summed E-state index contributed by atoms with van der Waals surface area (Å²) in [6.07, 6.45) is 0.854. The number of carbonyl (C=O) groups is 2. The van der Waals surface area contributed by atoms with Crippen molar-refractivity contribution < 1.29 is 9.59 Å². The second-order valence-electron chi connectivity index (χ2n) is 4.95. The number of aromatic nitrogens is 2. The van der Waals surface area contributed by atoms with Crippen molar-refractivity contribution in [1.82, 2.24) is 26.1 Å². The lowest BCUT2D eigenvalue weighted by molar-refractivity contribution is 0.0926. The molecule has 9 heteroatoms. The lowest BCUT2D eigenvalue weighted by atomic mass is 10.1. The van der Waals surface area contributed by atoms with E-state index in [1.807, 2.05) is 11.4 Å². The summed E-state index contributed by atoms with van der Waals surface area (Å²) >= 11 is 1.39. The zero-order chi connectivity index (χ0) is 15.4. The van der Waals surface area contributed by atoms with E-state index in [-0.39, 0.29) is 24.2 Å². The maximum atomic E-state index is 12.1. The highest BCUT2D eigenvalue weighted by Crippen LogP contribution is 2.14. The van der Waals surface area contributed by atoms with Crippen LogP contribution < -0.4 is 16.0 Å². The molecule has 0 saturated carbocycles. The van der Waals surface area contributed by atoms with Crippen LogP contribution in [0.15, 0.2) is 17.5 Å². The number of hydrogen-bond acceptors (Lipinski definition) is 5. The quantitative estimate of drug-likeness (QED) is 0.593. The van der Waals surface area contributed by atoms with Gasteiger partial charge in [-0.15, -0.1) is 23.7 Å². The molecule has 23 heavy (non-hydrogen) atoms. The normalized spacial score (nSPS) is 12.9. The molecule has 0 bridgehead atoms. The zero-order valence-corrected chi connectivity index (χ0v) is 14.0. The van der Waals surface area contributed by atoms with E-state index < -0.39 is 0 Å². The van der Waals surface area contributed by atoms with E-state index in [0.717, 1.165) is 24.2 Å². The first-order chi connectivity index (χ1) is 10.8. The van der Waals surface area contributed by atoms with Gasteiger partial charge in [-0.05, 0) is 11.4 Å². The fourth-order valence-corrected chi connectivity index (χ4v) is 2.98. The lowest BCUT2D eigenvalue weighted by Gasteiger charge is -2.12. The van der Waals surface area contributed by atoms with Gasteiger partial charge in [0.1, 0.15) is 0 Å². The fourth-order valence-electron chi connectivity index (χ4n) is 2.34. The molecular formula is C14H18ClN5O2S. The summed E-state index contributed by atoms with van der Waals surface area (Å²) in [4.78, 5) is 24.5. The molecule has 2 amide bonds. The van der Waals surface area contributed by atoms with Crippen LogP contribution in [-0.2, 0) is 13.0 Å². The number of fused-ring (bicyclic) bond motifs is 1. The summed E-state index contributed by atoms with van der Waals surface area (Å²) in [5.41, 5.74) is 2.40. The summed E-state index contributed by atoms with van der Waals surface area (Å²) < 4.78 is 0. The molecule has 124 valence electrons. The SMILES string of the molecule is Cl.O=C(NCCNC(=O)c1n[nH]c2c1CNCC2)c1cccs1. The topological polar surface area (TPSA) is 98.9 Å². The Morgan fingerprint density at radius 2 is 2.04 bits per heavy atom. The van der Waals surface area contributed by atoms with Crippen molar-refractivity contribution in [3.63, 3.8) is 0 Å². The number of hydrogen-bond donors (Lipinski definition) is 4. The summed E-state index contributed by atoms with van der Waals surface area (Å²) in [5, 5.41) is 17.6. The predicted octanol–water partition coefficient (Wildman–Crippen LogP) is 0.698. The number of nitrogens with zero attached hydrogens (tertiary/aromatic N) is 1. The molecule has 7 nitrogen and oxygen atoms in total. The third-order valence-electron chi connectivity index (χ3n) is 3.46. The number of H-pyrrole nitrogens is 1. The second-order valence-corrected chi connectivity index (χ2v) is 5.89. The van der Waals surface area contributed by atoms with E-state index >= 15 is 0 Å². The van der Waals surface area contributed by atoms with Gasteiger partial charge in [0.25, 0.3) is 11.8 Å². The average Bonchev–Trinajstić information content (AvgIpc) is 3.20. The fraction of sp³-hybridized carbons (Fsp3) is 0.357. The molecule has 0 fully saturated rings. The van der Waals surface area contributed by atoms with Crippen LogP contribution in [0.5, 0.6) is 0 Å². The largest absolute Gasteiger partial charge is 0.350 e. The molecule has 0 aliphatic carbocycles. The summed E-state index contributed by atoms with van der Waals surface area (Å²) in [7, 11) is 0. The Morgan fingerprint density at radius 1 is 1.26 bits per heavy atom. The van der Waals surface area contributed by atoms with Crippen LogP contribution in [0, 0.1) is 0 Å². The minimum absolute atomic E-state index is 0. The minimum atomic E-state index is -0.216. The molecule has 2 aromatic heterocycles. The van der Waals surface area contributed by atoms with Crippen LogP contribution in [-0.4, -0.2) is 41.6 Å². The second kappa shape index (κ2) is 8.09. The molecule has 0 aromatic carbocycles. The summed E-state index contributed by atoms with van der Waals surface area (Å²) in [6.45, 7) is 2.30. The molecule has 3 heterocycles. The Kier molecular flexibility index (Phi) is 6.14. The summed E-state index contributed by atoms with van der Waals surface area (Å²) in [6, 6.07) is 3.59. The zero-order valence-electron chi connectivity index (χ0n) is 12.3. The smallest absolute Gasteiger partial charge is 0.272 e. The first kappa shape index (κ1) is 17.5. The molecule has 0 radical (unpaired) electrons. The molecule has 0 atom stereocenters. The molecule has 1 aliphatic heterocycles. The van der Waals surface area contributed by atoms with E-state index in [1.54, 1.807) is 6.07 Å². The summed E-state index contributed by atoms with van der Waals surface area (Å²) in [5.74, 6) is -0.336. The van der Waals surface area contributed by atoms with Crippen molar-refractivity contribution in [3.05, 3.63) is 39.3 Å². The van der Waals surface area contributed by atoms with Gasteiger partial charge in [-0.2, -0.15) is 5.10 Å². The number of amides is 2. The van der Waals surface area contributed by atoms with Gasteiger partial charge in [0, 0.05) is 43.9 Å². The van der Waals surface area contributed by atoms with Gasteiger partial charge in [-0.1, -0.05) is 6.07 Å². The first-order valence-corrected chi connectivity index (χ1v) is 8.00. The molecule has 0 unspecified atom stereocenters. The van der Waals surface area contributed by atoms with Crippen LogP contribution in [0.1, 0.15) is 31.4 Å². The van der Waals surface area contributed by atoms with Gasteiger partial charge in [0.2, 0.25) is 0 Å². The van der Waals surface area contributed by atoms with E-state index in [1.165, 1.54) is 11.3 Å².